The predicted octanol–water partition coefficient (Wildman–Crippen LogP) is 4.53. The van der Waals surface area contributed by atoms with Crippen LogP contribution >= 0.6 is 11.6 Å². The first-order valence-corrected chi connectivity index (χ1v) is 12.8. The summed E-state index contributed by atoms with van der Waals surface area (Å²) in [6.07, 6.45) is 0. The Labute approximate surface area is 216 Å². The number of carbonyl (C=O) groups is 2. The van der Waals surface area contributed by atoms with Crippen molar-refractivity contribution in [3.63, 3.8) is 0 Å². The highest BCUT2D eigenvalue weighted by Gasteiger charge is 2.45. The van der Waals surface area contributed by atoms with Crippen molar-refractivity contribution >= 4 is 50.0 Å². The molecule has 0 bridgehead atoms. The van der Waals surface area contributed by atoms with E-state index in [0.29, 0.717) is 21.7 Å². The van der Waals surface area contributed by atoms with E-state index in [9.17, 15) is 23.1 Å². The normalized spacial score (nSPS) is 16.0. The third-order valence-corrected chi connectivity index (χ3v) is 7.15. The number of ketones is 1. The number of hydrogen-bond acceptors (Lipinski definition) is 7. The number of fused-ring (bicyclic) bond motifs is 1. The number of hydrogen-bond donors (Lipinski definition) is 2. The van der Waals surface area contributed by atoms with Gasteiger partial charge < -0.3 is 14.3 Å². The molecule has 0 aliphatic carbocycles. The summed E-state index contributed by atoms with van der Waals surface area (Å²) in [5, 5.41) is 17.0. The van der Waals surface area contributed by atoms with Crippen molar-refractivity contribution in [2.45, 2.75) is 10.9 Å². The zero-order valence-corrected chi connectivity index (χ0v) is 20.8. The van der Waals surface area contributed by atoms with Gasteiger partial charge in [0.25, 0.3) is 5.91 Å². The predicted molar refractivity (Wildman–Crippen MR) is 136 cm³/mol. The van der Waals surface area contributed by atoms with E-state index in [2.05, 4.69) is 0 Å². The summed E-state index contributed by atoms with van der Waals surface area (Å²) in [4.78, 5) is 28.1. The fraction of sp³-hybridized carbons (Fsp3) is 0.0769. The van der Waals surface area contributed by atoms with Crippen molar-refractivity contribution in [3.8, 4) is 5.75 Å². The summed E-state index contributed by atoms with van der Waals surface area (Å²) in [5.41, 5.74) is 0.872. The Morgan fingerprint density at radius 3 is 2.38 bits per heavy atom. The third kappa shape index (κ3) is 4.25. The first-order chi connectivity index (χ1) is 17.6. The fourth-order valence-electron chi connectivity index (χ4n) is 4.33. The lowest BCUT2D eigenvalue weighted by molar-refractivity contribution is -0.117. The zero-order valence-electron chi connectivity index (χ0n) is 19.2. The van der Waals surface area contributed by atoms with Crippen molar-refractivity contribution in [2.75, 3.05) is 12.0 Å². The molecule has 1 unspecified atom stereocenters. The average Bonchev–Trinajstić information content (AvgIpc) is 3.42. The van der Waals surface area contributed by atoms with E-state index in [0.717, 1.165) is 0 Å². The molecule has 188 valence electrons. The van der Waals surface area contributed by atoms with Gasteiger partial charge in [0.1, 0.15) is 0 Å². The standard InChI is InChI=1S/C26H19ClN2O7S/c1-35-20-13-16(27)11-15-12-19(36-25(15)20)23(30)21-22(14-5-3-2-4-6-14)29(26(32)24(21)31)17-7-9-18(10-8-17)37(28,33)34/h2-13,22,31H,1H3,(H2,28,33,34). The second-order valence-corrected chi connectivity index (χ2v) is 10.3. The van der Waals surface area contributed by atoms with Gasteiger partial charge in [-0.3, -0.25) is 14.5 Å². The molecule has 1 amide bonds. The molecule has 0 fully saturated rings. The van der Waals surface area contributed by atoms with Gasteiger partial charge in [-0.25, -0.2) is 13.6 Å². The molecule has 0 spiro atoms. The number of carbonyl (C=O) groups excluding carboxylic acids is 2. The second kappa shape index (κ2) is 9.07. The molecular weight excluding hydrogens is 520 g/mol. The number of nitrogens with zero attached hydrogens (tertiary/aromatic N) is 1. The summed E-state index contributed by atoms with van der Waals surface area (Å²) in [5.74, 6) is -2.11. The van der Waals surface area contributed by atoms with Gasteiger partial charge in [0.15, 0.2) is 22.9 Å². The molecule has 3 aromatic carbocycles. The van der Waals surface area contributed by atoms with Gasteiger partial charge in [-0.05, 0) is 42.0 Å². The lowest BCUT2D eigenvalue weighted by Gasteiger charge is -2.26. The number of methoxy groups -OCH3 is 1. The van der Waals surface area contributed by atoms with Gasteiger partial charge in [0, 0.05) is 22.2 Å². The summed E-state index contributed by atoms with van der Waals surface area (Å²) in [6, 6.07) is 17.4. The first kappa shape index (κ1) is 24.6. The summed E-state index contributed by atoms with van der Waals surface area (Å²) < 4.78 is 34.5. The summed E-state index contributed by atoms with van der Waals surface area (Å²) in [6.45, 7) is 0. The van der Waals surface area contributed by atoms with Gasteiger partial charge >= 0.3 is 0 Å². The van der Waals surface area contributed by atoms with Crippen molar-refractivity contribution in [1.29, 1.82) is 0 Å². The van der Waals surface area contributed by atoms with Crippen LogP contribution in [0.5, 0.6) is 5.75 Å². The Morgan fingerprint density at radius 2 is 1.76 bits per heavy atom. The number of aliphatic hydroxyl groups excluding tert-OH is 1. The first-order valence-electron chi connectivity index (χ1n) is 10.9. The lowest BCUT2D eigenvalue weighted by Crippen LogP contribution is -2.31. The minimum Gasteiger partial charge on any atom is -0.503 e. The highest BCUT2D eigenvalue weighted by molar-refractivity contribution is 7.89. The average molecular weight is 539 g/mol. The van der Waals surface area contributed by atoms with Gasteiger partial charge in [-0.15, -0.1) is 0 Å². The quantitative estimate of drug-likeness (QED) is 0.344. The van der Waals surface area contributed by atoms with Crippen LogP contribution in [0, 0.1) is 0 Å². The molecular formula is C26H19ClN2O7S. The monoisotopic (exact) mass is 538 g/mol. The van der Waals surface area contributed by atoms with E-state index in [1.807, 2.05) is 0 Å². The van der Waals surface area contributed by atoms with Crippen molar-refractivity contribution in [3.05, 3.63) is 100 Å². The molecule has 11 heteroatoms. The number of nitrogens with two attached hydrogens (primary N) is 1. The van der Waals surface area contributed by atoms with Crippen LogP contribution in [0.4, 0.5) is 5.69 Å². The number of halogens is 1. The second-order valence-electron chi connectivity index (χ2n) is 8.26. The van der Waals surface area contributed by atoms with Crippen molar-refractivity contribution in [1.82, 2.24) is 0 Å². The Morgan fingerprint density at radius 1 is 1.08 bits per heavy atom. The number of ether oxygens (including phenoxy) is 1. The molecule has 2 heterocycles. The van der Waals surface area contributed by atoms with Crippen LogP contribution in [0.1, 0.15) is 22.2 Å². The van der Waals surface area contributed by atoms with Crippen molar-refractivity contribution in [2.24, 2.45) is 5.14 Å². The van der Waals surface area contributed by atoms with E-state index in [1.165, 1.54) is 48.4 Å². The van der Waals surface area contributed by atoms with Gasteiger partial charge in [-0.2, -0.15) is 0 Å². The lowest BCUT2D eigenvalue weighted by atomic mass is 9.95. The molecule has 3 N–H and O–H groups in total. The number of sulfonamides is 1. The molecule has 4 aromatic rings. The Kier molecular flexibility index (Phi) is 6.03. The molecule has 0 saturated carbocycles. The number of aliphatic hydroxyl groups is 1. The van der Waals surface area contributed by atoms with E-state index < -0.39 is 33.5 Å². The van der Waals surface area contributed by atoms with Gasteiger partial charge in [0.2, 0.25) is 15.8 Å². The maximum atomic E-state index is 13.7. The van der Waals surface area contributed by atoms with Gasteiger partial charge in [-0.1, -0.05) is 41.9 Å². The minimum absolute atomic E-state index is 0.128. The van der Waals surface area contributed by atoms with Crippen LogP contribution in [0.2, 0.25) is 5.02 Å². The number of furan rings is 1. The Balaban J connectivity index is 1.64. The molecule has 0 saturated heterocycles. The van der Waals surface area contributed by atoms with E-state index >= 15 is 0 Å². The molecule has 0 radical (unpaired) electrons. The highest BCUT2D eigenvalue weighted by Crippen LogP contribution is 2.43. The smallest absolute Gasteiger partial charge is 0.294 e. The Bertz CT molecular complexity index is 1690. The molecule has 9 nitrogen and oxygen atoms in total. The number of anilines is 1. The number of Topliss-reactive ketones (excluding diaryl/α,β-unsaturated/α-hetero) is 1. The van der Waals surface area contributed by atoms with E-state index in [4.69, 9.17) is 25.9 Å². The molecule has 37 heavy (non-hydrogen) atoms. The van der Waals surface area contributed by atoms with Crippen LogP contribution in [-0.4, -0.2) is 32.3 Å². The van der Waals surface area contributed by atoms with Crippen LogP contribution in [0.15, 0.2) is 93.4 Å². The number of benzene rings is 3. The largest absolute Gasteiger partial charge is 0.503 e. The van der Waals surface area contributed by atoms with E-state index in [-0.39, 0.29) is 27.5 Å². The third-order valence-electron chi connectivity index (χ3n) is 6.00. The highest BCUT2D eigenvalue weighted by atomic mass is 35.5. The maximum Gasteiger partial charge on any atom is 0.294 e. The van der Waals surface area contributed by atoms with Crippen molar-refractivity contribution < 1.29 is 32.3 Å². The molecule has 1 aromatic heterocycles. The topological polar surface area (TPSA) is 140 Å². The fourth-order valence-corrected chi connectivity index (χ4v) is 5.06. The van der Waals surface area contributed by atoms with Crippen LogP contribution in [-0.2, 0) is 14.8 Å². The van der Waals surface area contributed by atoms with Crippen LogP contribution in [0.25, 0.3) is 11.0 Å². The summed E-state index contributed by atoms with van der Waals surface area (Å²) >= 11 is 6.14. The number of amides is 1. The van der Waals surface area contributed by atoms with Gasteiger partial charge in [0.05, 0.1) is 23.6 Å². The molecule has 1 aliphatic rings. The van der Waals surface area contributed by atoms with Crippen LogP contribution < -0.4 is 14.8 Å². The zero-order chi connectivity index (χ0) is 26.5. The summed E-state index contributed by atoms with van der Waals surface area (Å²) in [7, 11) is -2.53. The molecule has 5 rings (SSSR count). The molecule has 1 atom stereocenters. The minimum atomic E-state index is -3.96. The number of primary sulfonamides is 1. The SMILES string of the molecule is COc1cc(Cl)cc2cc(C(=O)C3=C(O)C(=O)N(c4ccc(S(N)(=O)=O)cc4)C3c3ccccc3)oc12. The number of rotatable bonds is 6. The maximum absolute atomic E-state index is 13.7. The molecule has 1 aliphatic heterocycles. The van der Waals surface area contributed by atoms with E-state index in [1.54, 1.807) is 36.4 Å². The Hall–Kier alpha value is -4.12. The van der Waals surface area contributed by atoms with Crippen LogP contribution in [0.3, 0.4) is 0 Å².